The SMILES string of the molecule is Cc1ccc(NC(=O)CN2c3ccccc3NC3=C(C(=O)CCC3)[C@@H]2c2cccs2)cc1C. The molecule has 168 valence electrons. The molecule has 5 rings (SSSR count). The second-order valence-electron chi connectivity index (χ2n) is 8.70. The van der Waals surface area contributed by atoms with Gasteiger partial charge in [-0.25, -0.2) is 0 Å². The first-order chi connectivity index (χ1) is 16.0. The van der Waals surface area contributed by atoms with Crippen LogP contribution in [0, 0.1) is 13.8 Å². The number of fused-ring (bicyclic) bond motifs is 1. The van der Waals surface area contributed by atoms with Crippen molar-refractivity contribution in [2.45, 2.75) is 39.2 Å². The van der Waals surface area contributed by atoms with E-state index in [1.54, 1.807) is 11.3 Å². The minimum absolute atomic E-state index is 0.109. The zero-order valence-electron chi connectivity index (χ0n) is 18.9. The lowest BCUT2D eigenvalue weighted by Gasteiger charge is -2.34. The number of carbonyl (C=O) groups is 2. The van der Waals surface area contributed by atoms with Crippen molar-refractivity contribution in [3.8, 4) is 0 Å². The number of hydrogen-bond donors (Lipinski definition) is 2. The van der Waals surface area contributed by atoms with Crippen molar-refractivity contribution in [3.63, 3.8) is 0 Å². The van der Waals surface area contributed by atoms with Crippen LogP contribution in [-0.2, 0) is 9.59 Å². The van der Waals surface area contributed by atoms with Gasteiger partial charge in [-0.15, -0.1) is 11.3 Å². The predicted molar refractivity (Wildman–Crippen MR) is 135 cm³/mol. The standard InChI is InChI=1S/C27H27N3O2S/c1-17-12-13-19(15-18(17)2)28-25(32)16-30-22-9-4-3-7-20(22)29-21-8-5-10-23(31)26(21)27(30)24-11-6-14-33-24/h3-4,6-7,9,11-15,27,29H,5,8,10,16H2,1-2H3,(H,28,32)/t27-/m0/s1. The van der Waals surface area contributed by atoms with Crippen LogP contribution in [0.2, 0.25) is 0 Å². The quantitative estimate of drug-likeness (QED) is 0.506. The first-order valence-corrected chi connectivity index (χ1v) is 12.2. The van der Waals surface area contributed by atoms with Crippen molar-refractivity contribution in [1.82, 2.24) is 0 Å². The summed E-state index contributed by atoms with van der Waals surface area (Å²) in [6.07, 6.45) is 2.22. The number of nitrogens with zero attached hydrogens (tertiary/aromatic N) is 1. The van der Waals surface area contributed by atoms with E-state index in [-0.39, 0.29) is 24.3 Å². The first-order valence-electron chi connectivity index (χ1n) is 11.3. The van der Waals surface area contributed by atoms with Gasteiger partial charge in [0.15, 0.2) is 5.78 Å². The Balaban J connectivity index is 1.56. The van der Waals surface area contributed by atoms with Crippen LogP contribution in [0.25, 0.3) is 0 Å². The summed E-state index contributed by atoms with van der Waals surface area (Å²) in [6.45, 7) is 4.23. The third-order valence-electron chi connectivity index (χ3n) is 6.46. The van der Waals surface area contributed by atoms with E-state index in [1.807, 2.05) is 60.8 Å². The smallest absolute Gasteiger partial charge is 0.243 e. The van der Waals surface area contributed by atoms with Crippen LogP contribution in [-0.4, -0.2) is 18.2 Å². The van der Waals surface area contributed by atoms with Gasteiger partial charge in [0.2, 0.25) is 5.91 Å². The Hall–Kier alpha value is -3.38. The number of amides is 1. The Labute approximate surface area is 198 Å². The van der Waals surface area contributed by atoms with Gasteiger partial charge in [-0.2, -0.15) is 0 Å². The van der Waals surface area contributed by atoms with Gasteiger partial charge in [0.25, 0.3) is 0 Å². The number of anilines is 3. The van der Waals surface area contributed by atoms with Gasteiger partial charge < -0.3 is 15.5 Å². The highest BCUT2D eigenvalue weighted by molar-refractivity contribution is 7.10. The van der Waals surface area contributed by atoms with Gasteiger partial charge >= 0.3 is 0 Å². The normalized spacial score (nSPS) is 17.7. The van der Waals surface area contributed by atoms with Gasteiger partial charge in [0, 0.05) is 28.3 Å². The number of nitrogens with one attached hydrogen (secondary N) is 2. The molecule has 0 fully saturated rings. The molecule has 0 saturated heterocycles. The second kappa shape index (κ2) is 8.87. The molecule has 2 aliphatic rings. The second-order valence-corrected chi connectivity index (χ2v) is 9.68. The number of aryl methyl sites for hydroxylation is 2. The topological polar surface area (TPSA) is 61.4 Å². The molecule has 33 heavy (non-hydrogen) atoms. The Morgan fingerprint density at radius 3 is 2.73 bits per heavy atom. The summed E-state index contributed by atoms with van der Waals surface area (Å²) < 4.78 is 0. The number of ketones is 1. The zero-order chi connectivity index (χ0) is 22.9. The van der Waals surface area contributed by atoms with Crippen LogP contribution in [0.4, 0.5) is 17.1 Å². The van der Waals surface area contributed by atoms with Crippen LogP contribution in [0.1, 0.15) is 41.3 Å². The molecule has 0 bridgehead atoms. The fourth-order valence-electron chi connectivity index (χ4n) is 4.69. The highest BCUT2D eigenvalue weighted by atomic mass is 32.1. The molecule has 1 aromatic heterocycles. The van der Waals surface area contributed by atoms with Crippen LogP contribution < -0.4 is 15.5 Å². The lowest BCUT2D eigenvalue weighted by atomic mass is 9.88. The van der Waals surface area contributed by atoms with Gasteiger partial charge in [0.05, 0.1) is 24.0 Å². The van der Waals surface area contributed by atoms with Crippen molar-refractivity contribution in [1.29, 1.82) is 0 Å². The fraction of sp³-hybridized carbons (Fsp3) is 0.259. The molecule has 1 amide bonds. The minimum Gasteiger partial charge on any atom is -0.357 e. The van der Waals surface area contributed by atoms with Gasteiger partial charge in [0.1, 0.15) is 0 Å². The highest BCUT2D eigenvalue weighted by Crippen LogP contribution is 2.45. The van der Waals surface area contributed by atoms with E-state index < -0.39 is 0 Å². The first kappa shape index (κ1) is 21.5. The maximum Gasteiger partial charge on any atom is 0.243 e. The number of thiophene rings is 1. The monoisotopic (exact) mass is 457 g/mol. The molecule has 1 aliphatic carbocycles. The number of para-hydroxylation sites is 2. The molecule has 0 radical (unpaired) electrons. The number of rotatable bonds is 4. The van der Waals surface area contributed by atoms with Crippen LogP contribution in [0.5, 0.6) is 0 Å². The molecule has 3 aromatic rings. The number of carbonyl (C=O) groups excluding carboxylic acids is 2. The predicted octanol–water partition coefficient (Wildman–Crippen LogP) is 5.98. The van der Waals surface area contributed by atoms with Gasteiger partial charge in [-0.3, -0.25) is 9.59 Å². The van der Waals surface area contributed by atoms with Crippen LogP contribution in [0.15, 0.2) is 71.2 Å². The number of Topliss-reactive ketones (excluding diaryl/α,β-unsaturated/α-hetero) is 1. The molecule has 0 spiro atoms. The van der Waals surface area contributed by atoms with Crippen molar-refractivity contribution in [2.75, 3.05) is 22.1 Å². The summed E-state index contributed by atoms with van der Waals surface area (Å²) in [5.74, 6) is 0.0523. The van der Waals surface area contributed by atoms with Crippen molar-refractivity contribution >= 4 is 40.1 Å². The van der Waals surface area contributed by atoms with E-state index in [0.29, 0.717) is 6.42 Å². The summed E-state index contributed by atoms with van der Waals surface area (Å²) in [7, 11) is 0. The average molecular weight is 458 g/mol. The molecule has 5 nitrogen and oxygen atoms in total. The third kappa shape index (κ3) is 4.18. The van der Waals surface area contributed by atoms with E-state index in [4.69, 9.17) is 0 Å². The lowest BCUT2D eigenvalue weighted by molar-refractivity contribution is -0.117. The summed E-state index contributed by atoms with van der Waals surface area (Å²) in [5, 5.41) is 8.63. The molecule has 2 aromatic carbocycles. The Bertz CT molecular complexity index is 1250. The largest absolute Gasteiger partial charge is 0.357 e. The maximum atomic E-state index is 13.3. The Morgan fingerprint density at radius 1 is 1.09 bits per heavy atom. The molecule has 2 heterocycles. The van der Waals surface area contributed by atoms with Crippen molar-refractivity contribution in [3.05, 3.63) is 87.3 Å². The van der Waals surface area contributed by atoms with Crippen molar-refractivity contribution in [2.24, 2.45) is 0 Å². The molecule has 2 N–H and O–H groups in total. The summed E-state index contributed by atoms with van der Waals surface area (Å²) >= 11 is 1.62. The van der Waals surface area contributed by atoms with Gasteiger partial charge in [-0.1, -0.05) is 24.3 Å². The maximum absolute atomic E-state index is 13.3. The van der Waals surface area contributed by atoms with E-state index in [0.717, 1.165) is 51.6 Å². The van der Waals surface area contributed by atoms with E-state index in [2.05, 4.69) is 28.5 Å². The highest BCUT2D eigenvalue weighted by Gasteiger charge is 2.37. The summed E-state index contributed by atoms with van der Waals surface area (Å²) in [4.78, 5) is 29.6. The molecular weight excluding hydrogens is 430 g/mol. The minimum atomic E-state index is -0.297. The molecule has 0 saturated carbocycles. The molecule has 1 aliphatic heterocycles. The van der Waals surface area contributed by atoms with E-state index >= 15 is 0 Å². The van der Waals surface area contributed by atoms with E-state index in [1.165, 1.54) is 5.56 Å². The summed E-state index contributed by atoms with van der Waals surface area (Å²) in [5.41, 5.74) is 6.73. The Morgan fingerprint density at radius 2 is 1.94 bits per heavy atom. The number of hydrogen-bond acceptors (Lipinski definition) is 5. The van der Waals surface area contributed by atoms with Crippen LogP contribution >= 0.6 is 11.3 Å². The number of allylic oxidation sites excluding steroid dienone is 1. The van der Waals surface area contributed by atoms with Gasteiger partial charge in [-0.05, 0) is 73.5 Å². The number of benzene rings is 2. The molecular formula is C27H27N3O2S. The lowest BCUT2D eigenvalue weighted by Crippen LogP contribution is -2.38. The molecule has 1 atom stereocenters. The van der Waals surface area contributed by atoms with Crippen LogP contribution in [0.3, 0.4) is 0 Å². The summed E-state index contributed by atoms with van der Waals surface area (Å²) in [6, 6.07) is 17.7. The Kier molecular flexibility index (Phi) is 5.77. The third-order valence-corrected chi connectivity index (χ3v) is 7.38. The van der Waals surface area contributed by atoms with E-state index in [9.17, 15) is 9.59 Å². The molecule has 0 unspecified atom stereocenters. The molecule has 6 heteroatoms. The fourth-order valence-corrected chi connectivity index (χ4v) is 5.54. The average Bonchev–Trinajstić information content (AvgIpc) is 3.28. The zero-order valence-corrected chi connectivity index (χ0v) is 19.7. The van der Waals surface area contributed by atoms with Crippen molar-refractivity contribution < 1.29 is 9.59 Å².